The topological polar surface area (TPSA) is 55.1 Å². The van der Waals surface area contributed by atoms with Gasteiger partial charge in [-0.05, 0) is 36.6 Å². The maximum atomic E-state index is 11.9. The summed E-state index contributed by atoms with van der Waals surface area (Å²) in [5, 5.41) is 3.50. The number of carbonyl (C=O) groups is 1. The Bertz CT molecular complexity index is 362. The number of hydrogen-bond acceptors (Lipinski definition) is 2. The zero-order valence-corrected chi connectivity index (χ0v) is 11.0. The summed E-state index contributed by atoms with van der Waals surface area (Å²) in [6.45, 7) is 4.54. The van der Waals surface area contributed by atoms with Gasteiger partial charge in [-0.3, -0.25) is 4.79 Å². The van der Waals surface area contributed by atoms with Crippen molar-refractivity contribution in [1.29, 1.82) is 0 Å². The second kappa shape index (κ2) is 6.62. The van der Waals surface area contributed by atoms with Gasteiger partial charge in [-0.1, -0.05) is 25.4 Å². The van der Waals surface area contributed by atoms with Gasteiger partial charge in [-0.2, -0.15) is 0 Å². The Labute approximate surface area is 107 Å². The standard InChI is InChI=1S/C13H19ClN2O/c1-9(2)7-10(8-15)13(17)16-12-5-3-11(14)4-6-12/h3-6,9-10H,7-8,15H2,1-2H3,(H,16,17). The average Bonchev–Trinajstić information content (AvgIpc) is 2.28. The van der Waals surface area contributed by atoms with Gasteiger partial charge in [0.1, 0.15) is 0 Å². The molecule has 0 saturated heterocycles. The lowest BCUT2D eigenvalue weighted by atomic mass is 9.96. The van der Waals surface area contributed by atoms with Crippen LogP contribution in [0.2, 0.25) is 5.02 Å². The molecule has 0 fully saturated rings. The molecule has 0 radical (unpaired) electrons. The third-order valence-corrected chi connectivity index (χ3v) is 2.77. The highest BCUT2D eigenvalue weighted by molar-refractivity contribution is 6.30. The molecule has 3 nitrogen and oxygen atoms in total. The molecule has 3 N–H and O–H groups in total. The van der Waals surface area contributed by atoms with Crippen LogP contribution in [0.5, 0.6) is 0 Å². The van der Waals surface area contributed by atoms with Crippen LogP contribution in [0.1, 0.15) is 20.3 Å². The molecule has 4 heteroatoms. The minimum absolute atomic E-state index is 0.0245. The van der Waals surface area contributed by atoms with Gasteiger partial charge in [0.05, 0.1) is 5.92 Å². The summed E-state index contributed by atoms with van der Waals surface area (Å²) in [4.78, 5) is 11.9. The first-order valence-electron chi connectivity index (χ1n) is 5.79. The van der Waals surface area contributed by atoms with E-state index in [2.05, 4.69) is 19.2 Å². The molecule has 0 saturated carbocycles. The molecule has 0 aromatic heterocycles. The van der Waals surface area contributed by atoms with Crippen LogP contribution in [0.25, 0.3) is 0 Å². The number of amides is 1. The van der Waals surface area contributed by atoms with E-state index in [9.17, 15) is 4.79 Å². The molecule has 94 valence electrons. The number of benzene rings is 1. The minimum atomic E-state index is -0.134. The van der Waals surface area contributed by atoms with E-state index in [1.54, 1.807) is 24.3 Å². The highest BCUT2D eigenvalue weighted by Crippen LogP contribution is 2.16. The number of nitrogens with one attached hydrogen (secondary N) is 1. The Balaban J connectivity index is 2.60. The Kier molecular flexibility index (Phi) is 5.45. The quantitative estimate of drug-likeness (QED) is 0.849. The molecule has 0 heterocycles. The third-order valence-electron chi connectivity index (χ3n) is 2.52. The summed E-state index contributed by atoms with van der Waals surface area (Å²) in [7, 11) is 0. The van der Waals surface area contributed by atoms with E-state index in [4.69, 9.17) is 17.3 Å². The second-order valence-electron chi connectivity index (χ2n) is 4.56. The fraction of sp³-hybridized carbons (Fsp3) is 0.462. The fourth-order valence-corrected chi connectivity index (χ4v) is 1.78. The van der Waals surface area contributed by atoms with Crippen LogP contribution in [0.3, 0.4) is 0 Å². The Morgan fingerprint density at radius 2 is 1.94 bits per heavy atom. The van der Waals surface area contributed by atoms with Crippen LogP contribution >= 0.6 is 11.6 Å². The largest absolute Gasteiger partial charge is 0.330 e. The third kappa shape index (κ3) is 4.75. The molecule has 1 atom stereocenters. The van der Waals surface area contributed by atoms with E-state index >= 15 is 0 Å². The Morgan fingerprint density at radius 3 is 2.41 bits per heavy atom. The lowest BCUT2D eigenvalue weighted by molar-refractivity contribution is -0.120. The molecule has 1 amide bonds. The van der Waals surface area contributed by atoms with E-state index < -0.39 is 0 Å². The lowest BCUT2D eigenvalue weighted by Gasteiger charge is -2.16. The van der Waals surface area contributed by atoms with Crippen LogP contribution in [0, 0.1) is 11.8 Å². The Hall–Kier alpha value is -1.06. The predicted octanol–water partition coefficient (Wildman–Crippen LogP) is 2.90. The normalized spacial score (nSPS) is 12.5. The highest BCUT2D eigenvalue weighted by atomic mass is 35.5. The van der Waals surface area contributed by atoms with E-state index in [1.165, 1.54) is 0 Å². The van der Waals surface area contributed by atoms with Crippen molar-refractivity contribution in [3.05, 3.63) is 29.3 Å². The Morgan fingerprint density at radius 1 is 1.35 bits per heavy atom. The number of anilines is 1. The second-order valence-corrected chi connectivity index (χ2v) is 4.99. The molecule has 0 bridgehead atoms. The predicted molar refractivity (Wildman–Crippen MR) is 72.1 cm³/mol. The number of halogens is 1. The molecule has 1 rings (SSSR count). The number of carbonyl (C=O) groups excluding carboxylic acids is 1. The number of hydrogen-bond donors (Lipinski definition) is 2. The summed E-state index contributed by atoms with van der Waals surface area (Å²) in [5.74, 6) is 0.300. The van der Waals surface area contributed by atoms with Gasteiger partial charge in [0, 0.05) is 17.3 Å². The van der Waals surface area contributed by atoms with Gasteiger partial charge >= 0.3 is 0 Å². The zero-order chi connectivity index (χ0) is 12.8. The summed E-state index contributed by atoms with van der Waals surface area (Å²) in [6, 6.07) is 7.06. The van der Waals surface area contributed by atoms with E-state index in [0.29, 0.717) is 17.5 Å². The van der Waals surface area contributed by atoms with Crippen molar-refractivity contribution < 1.29 is 4.79 Å². The van der Waals surface area contributed by atoms with Crippen LogP contribution in [-0.4, -0.2) is 12.5 Å². The maximum absolute atomic E-state index is 11.9. The smallest absolute Gasteiger partial charge is 0.228 e. The van der Waals surface area contributed by atoms with Gasteiger partial charge in [0.2, 0.25) is 5.91 Å². The van der Waals surface area contributed by atoms with E-state index in [1.807, 2.05) is 0 Å². The van der Waals surface area contributed by atoms with Crippen LogP contribution in [0.15, 0.2) is 24.3 Å². The monoisotopic (exact) mass is 254 g/mol. The number of nitrogens with two attached hydrogens (primary N) is 1. The average molecular weight is 255 g/mol. The first-order valence-corrected chi connectivity index (χ1v) is 6.17. The van der Waals surface area contributed by atoms with Crippen LogP contribution < -0.4 is 11.1 Å². The van der Waals surface area contributed by atoms with Gasteiger partial charge in [0.25, 0.3) is 0 Å². The van der Waals surface area contributed by atoms with Gasteiger partial charge in [0.15, 0.2) is 0 Å². The van der Waals surface area contributed by atoms with Crippen LogP contribution in [-0.2, 0) is 4.79 Å². The molecule has 1 unspecified atom stereocenters. The highest BCUT2D eigenvalue weighted by Gasteiger charge is 2.18. The maximum Gasteiger partial charge on any atom is 0.228 e. The first-order chi connectivity index (χ1) is 8.02. The van der Waals surface area contributed by atoms with Gasteiger partial charge in [-0.15, -0.1) is 0 Å². The van der Waals surface area contributed by atoms with Crippen molar-refractivity contribution in [2.24, 2.45) is 17.6 Å². The van der Waals surface area contributed by atoms with Crippen molar-refractivity contribution in [3.8, 4) is 0 Å². The van der Waals surface area contributed by atoms with Gasteiger partial charge in [-0.25, -0.2) is 0 Å². The van der Waals surface area contributed by atoms with E-state index in [-0.39, 0.29) is 11.8 Å². The van der Waals surface area contributed by atoms with Gasteiger partial charge < -0.3 is 11.1 Å². The minimum Gasteiger partial charge on any atom is -0.330 e. The summed E-state index contributed by atoms with van der Waals surface area (Å²) >= 11 is 5.77. The van der Waals surface area contributed by atoms with Crippen molar-refractivity contribution in [2.45, 2.75) is 20.3 Å². The molecule has 17 heavy (non-hydrogen) atoms. The number of rotatable bonds is 5. The van der Waals surface area contributed by atoms with Crippen LogP contribution in [0.4, 0.5) is 5.69 Å². The molecule has 0 aliphatic carbocycles. The van der Waals surface area contributed by atoms with Crippen molar-refractivity contribution >= 4 is 23.2 Å². The summed E-state index contributed by atoms with van der Waals surface area (Å²) < 4.78 is 0. The molecular weight excluding hydrogens is 236 g/mol. The van der Waals surface area contributed by atoms with Crippen molar-refractivity contribution in [1.82, 2.24) is 0 Å². The van der Waals surface area contributed by atoms with E-state index in [0.717, 1.165) is 12.1 Å². The molecule has 1 aromatic rings. The molecular formula is C13H19ClN2O. The molecule has 0 aliphatic rings. The van der Waals surface area contributed by atoms with Crippen molar-refractivity contribution in [3.63, 3.8) is 0 Å². The molecule has 1 aromatic carbocycles. The first kappa shape index (κ1) is 14.0. The fourth-order valence-electron chi connectivity index (χ4n) is 1.66. The summed E-state index contributed by atoms with van der Waals surface area (Å²) in [6.07, 6.45) is 0.802. The lowest BCUT2D eigenvalue weighted by Crippen LogP contribution is -2.30. The zero-order valence-electron chi connectivity index (χ0n) is 10.2. The summed E-state index contributed by atoms with van der Waals surface area (Å²) in [5.41, 5.74) is 6.37. The SMILES string of the molecule is CC(C)CC(CN)C(=O)Nc1ccc(Cl)cc1. The molecule has 0 aliphatic heterocycles. The van der Waals surface area contributed by atoms with Crippen molar-refractivity contribution in [2.75, 3.05) is 11.9 Å². The molecule has 0 spiro atoms.